The van der Waals surface area contributed by atoms with Crippen molar-refractivity contribution in [3.8, 4) is 0 Å². The summed E-state index contributed by atoms with van der Waals surface area (Å²) in [5.41, 5.74) is 0. The smallest absolute Gasteiger partial charge is 0.268 e. The lowest BCUT2D eigenvalue weighted by atomic mass is 10.0. The van der Waals surface area contributed by atoms with Crippen LogP contribution in [0, 0.1) is 0 Å². The predicted octanol–water partition coefficient (Wildman–Crippen LogP) is 17.0. The molecule has 398 valence electrons. The van der Waals surface area contributed by atoms with Gasteiger partial charge in [0.15, 0.2) is 0 Å². The fraction of sp³-hybridized carbons (Fsp3) is 0.914. The molecule has 0 aromatic heterocycles. The van der Waals surface area contributed by atoms with E-state index < -0.39 is 20.0 Å². The van der Waals surface area contributed by atoms with Crippen molar-refractivity contribution in [3.63, 3.8) is 0 Å². The molecule has 0 radical (unpaired) electrons. The fourth-order valence-electron chi connectivity index (χ4n) is 8.82. The van der Waals surface area contributed by atoms with E-state index in [0.29, 0.717) is 23.9 Å². The number of allylic oxidation sites excluding steroid dienone is 4. The van der Waals surface area contributed by atoms with Crippen molar-refractivity contribution in [2.75, 3.05) is 40.9 Å². The first kappa shape index (κ1) is 66.0. The van der Waals surface area contributed by atoms with Gasteiger partial charge in [0, 0.05) is 6.42 Å². The Morgan fingerprint density at radius 3 is 1.28 bits per heavy atom. The Hall–Kier alpha value is -1.02. The van der Waals surface area contributed by atoms with E-state index in [2.05, 4.69) is 43.5 Å². The van der Waals surface area contributed by atoms with E-state index in [1.54, 1.807) is 0 Å². The molecule has 3 unspecified atom stereocenters. The van der Waals surface area contributed by atoms with Gasteiger partial charge in [0.05, 0.1) is 39.9 Å². The Balaban J connectivity index is 4.02. The summed E-state index contributed by atoms with van der Waals surface area (Å²) in [4.78, 5) is 25.5. The van der Waals surface area contributed by atoms with Crippen LogP contribution >= 0.6 is 7.82 Å². The number of aliphatic hydroxyl groups excluding tert-OH is 1. The number of aliphatic hydroxyl groups is 1. The maximum absolute atomic E-state index is 12.9. The highest BCUT2D eigenvalue weighted by Crippen LogP contribution is 2.38. The summed E-state index contributed by atoms with van der Waals surface area (Å²) in [6.07, 6.45) is 62.3. The first-order valence-corrected chi connectivity index (χ1v) is 30.6. The summed E-state index contributed by atoms with van der Waals surface area (Å²) in [6, 6.07) is -0.807. The first-order valence-electron chi connectivity index (χ1n) is 29.2. The van der Waals surface area contributed by atoms with Crippen LogP contribution in [0.1, 0.15) is 290 Å². The maximum Gasteiger partial charge on any atom is 0.268 e. The molecule has 3 atom stereocenters. The van der Waals surface area contributed by atoms with Crippen molar-refractivity contribution in [1.29, 1.82) is 0 Å². The Bertz CT molecular complexity index is 1140. The first-order chi connectivity index (χ1) is 32.5. The zero-order valence-corrected chi connectivity index (χ0v) is 46.3. The van der Waals surface area contributed by atoms with E-state index in [-0.39, 0.29) is 19.1 Å². The van der Waals surface area contributed by atoms with Crippen LogP contribution in [0.25, 0.3) is 0 Å². The zero-order chi connectivity index (χ0) is 49.2. The molecule has 0 aromatic rings. The number of hydrogen-bond donors (Lipinski definition) is 2. The molecule has 0 spiro atoms. The van der Waals surface area contributed by atoms with E-state index >= 15 is 0 Å². The average molecular weight is 968 g/mol. The summed E-state index contributed by atoms with van der Waals surface area (Å²) in [7, 11) is 1.30. The van der Waals surface area contributed by atoms with E-state index in [9.17, 15) is 19.4 Å². The summed E-state index contributed by atoms with van der Waals surface area (Å²) in [5, 5.41) is 14.0. The molecule has 0 aliphatic rings. The molecule has 8 nitrogen and oxygen atoms in total. The molecule has 0 bridgehead atoms. The molecule has 0 heterocycles. The van der Waals surface area contributed by atoms with Gasteiger partial charge in [-0.15, -0.1) is 0 Å². The van der Waals surface area contributed by atoms with Gasteiger partial charge in [-0.25, -0.2) is 0 Å². The molecular weight excluding hydrogens is 852 g/mol. The Labute approximate surface area is 417 Å². The lowest BCUT2D eigenvalue weighted by Gasteiger charge is -2.30. The Kier molecular flexibility index (Phi) is 49.2. The normalized spacial score (nSPS) is 14.1. The number of nitrogens with one attached hydrogen (secondary N) is 1. The second-order valence-electron chi connectivity index (χ2n) is 21.4. The Morgan fingerprint density at radius 2 is 0.881 bits per heavy atom. The van der Waals surface area contributed by atoms with E-state index in [4.69, 9.17) is 9.05 Å². The Morgan fingerprint density at radius 1 is 0.522 bits per heavy atom. The number of phosphoric acid groups is 1. The highest BCUT2D eigenvalue weighted by molar-refractivity contribution is 7.45. The summed E-state index contributed by atoms with van der Waals surface area (Å²) < 4.78 is 23.4. The van der Waals surface area contributed by atoms with Crippen LogP contribution < -0.4 is 10.2 Å². The van der Waals surface area contributed by atoms with Crippen molar-refractivity contribution in [2.45, 2.75) is 302 Å². The van der Waals surface area contributed by atoms with Gasteiger partial charge < -0.3 is 28.8 Å². The molecule has 0 fully saturated rings. The van der Waals surface area contributed by atoms with Crippen molar-refractivity contribution in [1.82, 2.24) is 5.32 Å². The molecule has 0 aliphatic carbocycles. The highest BCUT2D eigenvalue weighted by Gasteiger charge is 2.24. The number of amides is 1. The maximum atomic E-state index is 12.9. The molecule has 0 rings (SSSR count). The monoisotopic (exact) mass is 967 g/mol. The topological polar surface area (TPSA) is 108 Å². The molecule has 9 heteroatoms. The highest BCUT2D eigenvalue weighted by atomic mass is 31.2. The van der Waals surface area contributed by atoms with Gasteiger partial charge in [0.25, 0.3) is 7.82 Å². The molecule has 0 saturated carbocycles. The van der Waals surface area contributed by atoms with Gasteiger partial charge >= 0.3 is 0 Å². The fourth-order valence-corrected chi connectivity index (χ4v) is 9.55. The molecule has 2 N–H and O–H groups in total. The minimum absolute atomic E-state index is 0.0102. The number of quaternary nitrogens is 1. The second kappa shape index (κ2) is 49.9. The second-order valence-corrected chi connectivity index (χ2v) is 22.8. The quantitative estimate of drug-likeness (QED) is 0.0272. The average Bonchev–Trinajstić information content (AvgIpc) is 3.29. The predicted molar refractivity (Wildman–Crippen MR) is 289 cm³/mol. The molecule has 0 aliphatic heterocycles. The summed E-state index contributed by atoms with van der Waals surface area (Å²) in [6.45, 7) is 4.70. The number of likely N-dealkylation sites (N-methyl/N-ethyl adjacent to an activating group) is 1. The number of phosphoric ester groups is 1. The van der Waals surface area contributed by atoms with E-state index in [1.165, 1.54) is 199 Å². The third kappa shape index (κ3) is 52.6. The van der Waals surface area contributed by atoms with Crippen molar-refractivity contribution in [2.24, 2.45) is 0 Å². The van der Waals surface area contributed by atoms with Crippen LogP contribution in [0.5, 0.6) is 0 Å². The summed E-state index contributed by atoms with van der Waals surface area (Å²) in [5.74, 6) is -0.176. The van der Waals surface area contributed by atoms with Gasteiger partial charge in [0.1, 0.15) is 13.2 Å². The van der Waals surface area contributed by atoms with Gasteiger partial charge in [-0.2, -0.15) is 0 Å². The van der Waals surface area contributed by atoms with Crippen LogP contribution in [0.4, 0.5) is 0 Å². The third-order valence-electron chi connectivity index (χ3n) is 13.4. The van der Waals surface area contributed by atoms with Gasteiger partial charge in [-0.05, 0) is 38.5 Å². The van der Waals surface area contributed by atoms with E-state index in [1.807, 2.05) is 21.1 Å². The largest absolute Gasteiger partial charge is 0.756 e. The lowest BCUT2D eigenvalue weighted by molar-refractivity contribution is -0.870. The van der Waals surface area contributed by atoms with E-state index in [0.717, 1.165) is 64.2 Å². The number of unbranched alkanes of at least 4 members (excludes halogenated alkanes) is 37. The zero-order valence-electron chi connectivity index (χ0n) is 45.4. The number of carbonyl (C=O) groups excluding carboxylic acids is 1. The van der Waals surface area contributed by atoms with Crippen LogP contribution in [-0.4, -0.2) is 68.5 Å². The molecule has 0 saturated heterocycles. The number of carbonyl (C=O) groups is 1. The van der Waals surface area contributed by atoms with Crippen molar-refractivity contribution >= 4 is 13.7 Å². The number of nitrogens with zero attached hydrogens (tertiary/aromatic N) is 1. The van der Waals surface area contributed by atoms with Crippen LogP contribution in [0.2, 0.25) is 0 Å². The van der Waals surface area contributed by atoms with Crippen molar-refractivity contribution < 1.29 is 32.9 Å². The molecule has 67 heavy (non-hydrogen) atoms. The molecule has 0 aromatic carbocycles. The van der Waals surface area contributed by atoms with Crippen molar-refractivity contribution in [3.05, 3.63) is 24.3 Å². The third-order valence-corrected chi connectivity index (χ3v) is 14.4. The van der Waals surface area contributed by atoms with Crippen LogP contribution in [-0.2, 0) is 18.4 Å². The lowest BCUT2D eigenvalue weighted by Crippen LogP contribution is -2.46. The standard InChI is InChI=1S/C58H115N2O6P/c1-6-8-10-12-14-16-18-20-22-23-24-25-26-27-28-29-30-31-32-33-34-35-36-37-38-39-41-43-45-47-49-51-57(61)56(55-66-67(63,64)65-54-53-60(3,4)5)59-58(62)52-50-48-46-44-42-40-21-19-17-15-13-11-9-7-2/h13,15,19,21,56-57,61H,6-12,14,16-18,20,22-55H2,1-5H3,(H-,59,62,63,64)/b15-13-,21-19-. The molecule has 1 amide bonds. The minimum Gasteiger partial charge on any atom is -0.756 e. The number of rotatable bonds is 54. The van der Waals surface area contributed by atoms with Crippen LogP contribution in [0.15, 0.2) is 24.3 Å². The molecular formula is C58H115N2O6P. The number of hydrogen-bond acceptors (Lipinski definition) is 6. The van der Waals surface area contributed by atoms with Gasteiger partial charge in [-0.3, -0.25) is 9.36 Å². The SMILES string of the molecule is CCCC/C=C\C/C=C\CCCCCCCC(=O)NC(COP(=O)([O-])OCC[N+](C)(C)C)C(O)CCCCCCCCCCCCCCCCCCCCCCCCCCCCCCCCC. The minimum atomic E-state index is -4.57. The van der Waals surface area contributed by atoms with Crippen LogP contribution in [0.3, 0.4) is 0 Å². The van der Waals surface area contributed by atoms with Gasteiger partial charge in [0.2, 0.25) is 5.91 Å². The summed E-state index contributed by atoms with van der Waals surface area (Å²) >= 11 is 0. The van der Waals surface area contributed by atoms with Gasteiger partial charge in [-0.1, -0.05) is 269 Å².